The van der Waals surface area contributed by atoms with Crippen LogP contribution in [0.5, 0.6) is 0 Å². The van der Waals surface area contributed by atoms with Crippen LogP contribution in [0.3, 0.4) is 0 Å². The topological polar surface area (TPSA) is 30.2 Å². The summed E-state index contributed by atoms with van der Waals surface area (Å²) in [4.78, 5) is 11.9. The normalized spacial score (nSPS) is 18.1. The van der Waals surface area contributed by atoms with Gasteiger partial charge < -0.3 is 4.42 Å². The van der Waals surface area contributed by atoms with Gasteiger partial charge in [0.05, 0.1) is 0 Å². The average Bonchev–Trinajstić information content (AvgIpc) is 2.94. The molecule has 0 spiro atoms. The second-order valence-corrected chi connectivity index (χ2v) is 4.11. The Morgan fingerprint density at radius 1 is 1.57 bits per heavy atom. The van der Waals surface area contributed by atoms with Crippen LogP contribution in [0.15, 0.2) is 16.5 Å². The van der Waals surface area contributed by atoms with Crippen molar-refractivity contribution >= 4 is 5.78 Å². The van der Waals surface area contributed by atoms with E-state index in [0.29, 0.717) is 11.7 Å². The molecule has 1 atom stereocenters. The number of rotatable bonds is 4. The summed E-state index contributed by atoms with van der Waals surface area (Å²) in [5.41, 5.74) is 0. The third-order valence-electron chi connectivity index (χ3n) is 3.00. The van der Waals surface area contributed by atoms with E-state index >= 15 is 0 Å². The van der Waals surface area contributed by atoms with Crippen LogP contribution in [0.2, 0.25) is 0 Å². The molecule has 2 nitrogen and oxygen atoms in total. The molecule has 0 aliphatic heterocycles. The van der Waals surface area contributed by atoms with E-state index in [-0.39, 0.29) is 11.7 Å². The molecule has 1 fully saturated rings. The van der Waals surface area contributed by atoms with Crippen LogP contribution in [-0.2, 0) is 6.42 Å². The van der Waals surface area contributed by atoms with E-state index < -0.39 is 0 Å². The van der Waals surface area contributed by atoms with Crippen molar-refractivity contribution in [1.82, 2.24) is 0 Å². The lowest BCUT2D eigenvalue weighted by molar-refractivity contribution is 0.0886. The first kappa shape index (κ1) is 9.50. The van der Waals surface area contributed by atoms with E-state index in [2.05, 4.69) is 0 Å². The van der Waals surface area contributed by atoms with Crippen molar-refractivity contribution in [3.8, 4) is 0 Å². The molecule has 76 valence electrons. The molecule has 14 heavy (non-hydrogen) atoms. The summed E-state index contributed by atoms with van der Waals surface area (Å²) in [5.74, 6) is 2.37. The lowest BCUT2D eigenvalue weighted by Crippen LogP contribution is -2.12. The van der Waals surface area contributed by atoms with Gasteiger partial charge in [-0.05, 0) is 30.9 Å². The SMILES string of the molecule is CCc1ccc(C(=O)C(C)C2CC2)o1. The van der Waals surface area contributed by atoms with Gasteiger partial charge in [0.15, 0.2) is 5.76 Å². The Balaban J connectivity index is 2.09. The Kier molecular flexibility index (Phi) is 2.44. The molecule has 0 aromatic carbocycles. The zero-order valence-corrected chi connectivity index (χ0v) is 8.75. The molecule has 2 rings (SSSR count). The van der Waals surface area contributed by atoms with Gasteiger partial charge in [-0.15, -0.1) is 0 Å². The maximum absolute atomic E-state index is 11.9. The van der Waals surface area contributed by atoms with Crippen molar-refractivity contribution in [1.29, 1.82) is 0 Å². The zero-order chi connectivity index (χ0) is 10.1. The first-order chi connectivity index (χ1) is 6.72. The molecule has 1 aliphatic carbocycles. The van der Waals surface area contributed by atoms with Gasteiger partial charge in [-0.3, -0.25) is 4.79 Å². The van der Waals surface area contributed by atoms with Crippen LogP contribution in [0.25, 0.3) is 0 Å². The second kappa shape index (κ2) is 3.60. The summed E-state index contributed by atoms with van der Waals surface area (Å²) < 4.78 is 5.44. The van der Waals surface area contributed by atoms with Crippen molar-refractivity contribution in [3.05, 3.63) is 23.7 Å². The van der Waals surface area contributed by atoms with E-state index in [1.165, 1.54) is 12.8 Å². The Labute approximate surface area is 84.3 Å². The van der Waals surface area contributed by atoms with Gasteiger partial charge in [-0.2, -0.15) is 0 Å². The molecule has 0 N–H and O–H groups in total. The van der Waals surface area contributed by atoms with E-state index in [9.17, 15) is 4.79 Å². The third kappa shape index (κ3) is 1.74. The lowest BCUT2D eigenvalue weighted by atomic mass is 9.99. The molecule has 1 unspecified atom stereocenters. The Morgan fingerprint density at radius 2 is 2.29 bits per heavy atom. The number of Topliss-reactive ketones (excluding diaryl/α,β-unsaturated/α-hetero) is 1. The summed E-state index contributed by atoms with van der Waals surface area (Å²) in [7, 11) is 0. The number of furan rings is 1. The van der Waals surface area contributed by atoms with Crippen molar-refractivity contribution in [2.24, 2.45) is 11.8 Å². The minimum Gasteiger partial charge on any atom is -0.458 e. The molecule has 0 radical (unpaired) electrons. The lowest BCUT2D eigenvalue weighted by Gasteiger charge is -2.05. The van der Waals surface area contributed by atoms with Gasteiger partial charge in [0.25, 0.3) is 0 Å². The van der Waals surface area contributed by atoms with Gasteiger partial charge in [0, 0.05) is 12.3 Å². The number of ketones is 1. The molecule has 1 aromatic rings. The van der Waals surface area contributed by atoms with Crippen LogP contribution >= 0.6 is 0 Å². The first-order valence-corrected chi connectivity index (χ1v) is 5.35. The summed E-state index contributed by atoms with van der Waals surface area (Å²) in [6, 6.07) is 3.70. The second-order valence-electron chi connectivity index (χ2n) is 4.11. The van der Waals surface area contributed by atoms with Crippen molar-refractivity contribution in [2.75, 3.05) is 0 Å². The van der Waals surface area contributed by atoms with Crippen LogP contribution in [0, 0.1) is 11.8 Å². The van der Waals surface area contributed by atoms with Crippen LogP contribution in [0.1, 0.15) is 43.0 Å². The fraction of sp³-hybridized carbons (Fsp3) is 0.583. The monoisotopic (exact) mass is 192 g/mol. The van der Waals surface area contributed by atoms with Crippen molar-refractivity contribution < 1.29 is 9.21 Å². The Bertz CT molecular complexity index is 334. The molecule has 1 aliphatic rings. The maximum atomic E-state index is 11.9. The quantitative estimate of drug-likeness (QED) is 0.686. The van der Waals surface area contributed by atoms with E-state index in [1.807, 2.05) is 19.9 Å². The zero-order valence-electron chi connectivity index (χ0n) is 8.75. The predicted octanol–water partition coefficient (Wildman–Crippen LogP) is 3.07. The molecule has 1 saturated carbocycles. The standard InChI is InChI=1S/C12H16O2/c1-3-10-6-7-11(14-10)12(13)8(2)9-4-5-9/h6-9H,3-5H2,1-2H3. The highest BCUT2D eigenvalue weighted by atomic mass is 16.3. The fourth-order valence-electron chi connectivity index (χ4n) is 1.74. The van der Waals surface area contributed by atoms with Crippen molar-refractivity contribution in [2.45, 2.75) is 33.1 Å². The van der Waals surface area contributed by atoms with Crippen LogP contribution < -0.4 is 0 Å². The fourth-order valence-corrected chi connectivity index (χ4v) is 1.74. The molecule has 2 heteroatoms. The number of aryl methyl sites for hydroxylation is 1. The summed E-state index contributed by atoms with van der Waals surface area (Å²) >= 11 is 0. The molecule has 0 amide bonds. The highest BCUT2D eigenvalue weighted by Crippen LogP contribution is 2.38. The van der Waals surface area contributed by atoms with Gasteiger partial charge in [-0.1, -0.05) is 13.8 Å². The highest BCUT2D eigenvalue weighted by Gasteiger charge is 2.34. The summed E-state index contributed by atoms with van der Waals surface area (Å²) in [6.07, 6.45) is 3.26. The molecule has 1 aromatic heterocycles. The van der Waals surface area contributed by atoms with E-state index in [1.54, 1.807) is 6.07 Å². The molecular weight excluding hydrogens is 176 g/mol. The average molecular weight is 192 g/mol. The highest BCUT2D eigenvalue weighted by molar-refractivity contribution is 5.95. The predicted molar refractivity (Wildman–Crippen MR) is 54.3 cm³/mol. The molecule has 0 bridgehead atoms. The third-order valence-corrected chi connectivity index (χ3v) is 3.00. The Hall–Kier alpha value is -1.05. The number of carbonyl (C=O) groups is 1. The minimum absolute atomic E-state index is 0.144. The van der Waals surface area contributed by atoms with Gasteiger partial charge in [0.1, 0.15) is 5.76 Å². The van der Waals surface area contributed by atoms with Gasteiger partial charge in [0.2, 0.25) is 5.78 Å². The summed E-state index contributed by atoms with van der Waals surface area (Å²) in [6.45, 7) is 4.03. The molecular formula is C12H16O2. The van der Waals surface area contributed by atoms with Crippen LogP contribution in [-0.4, -0.2) is 5.78 Å². The van der Waals surface area contributed by atoms with Gasteiger partial charge in [-0.25, -0.2) is 0 Å². The molecule has 0 saturated heterocycles. The van der Waals surface area contributed by atoms with Crippen molar-refractivity contribution in [3.63, 3.8) is 0 Å². The number of hydrogen-bond acceptors (Lipinski definition) is 2. The Morgan fingerprint density at radius 3 is 2.79 bits per heavy atom. The van der Waals surface area contributed by atoms with Crippen LogP contribution in [0.4, 0.5) is 0 Å². The van der Waals surface area contributed by atoms with E-state index in [4.69, 9.17) is 4.42 Å². The van der Waals surface area contributed by atoms with E-state index in [0.717, 1.165) is 12.2 Å². The smallest absolute Gasteiger partial charge is 0.201 e. The summed E-state index contributed by atoms with van der Waals surface area (Å²) in [5, 5.41) is 0. The maximum Gasteiger partial charge on any atom is 0.201 e. The molecule has 1 heterocycles. The number of hydrogen-bond donors (Lipinski definition) is 0. The first-order valence-electron chi connectivity index (χ1n) is 5.35. The minimum atomic E-state index is 0.144. The largest absolute Gasteiger partial charge is 0.458 e. The van der Waals surface area contributed by atoms with Gasteiger partial charge >= 0.3 is 0 Å². The number of carbonyl (C=O) groups excluding carboxylic acids is 1.